The maximum atomic E-state index is 12.5. The molecule has 1 aromatic carbocycles. The van der Waals surface area contributed by atoms with Gasteiger partial charge in [-0.3, -0.25) is 4.79 Å². The Bertz CT molecular complexity index is 550. The lowest BCUT2D eigenvalue weighted by Gasteiger charge is -2.29. The van der Waals surface area contributed by atoms with Crippen molar-refractivity contribution in [3.8, 4) is 5.75 Å². The van der Waals surface area contributed by atoms with Crippen molar-refractivity contribution in [2.45, 2.75) is 37.6 Å². The first-order chi connectivity index (χ1) is 11.5. The number of thioether (sulfide) groups is 1. The fourth-order valence-electron chi connectivity index (χ4n) is 3.30. The Kier molecular flexibility index (Phi) is 9.69. The van der Waals surface area contributed by atoms with Crippen LogP contribution in [0.15, 0.2) is 23.1 Å². The molecule has 0 spiro atoms. The highest BCUT2D eigenvalue weighted by Crippen LogP contribution is 2.29. The monoisotopic (exact) mass is 386 g/mol. The SMILES string of the molecule is COc1cc(CN(C)C(=O)CC(C)C2CCCNC2)ccc1SC.Cl. The molecule has 0 bridgehead atoms. The molecule has 2 unspecified atom stereocenters. The van der Waals surface area contributed by atoms with E-state index in [1.165, 1.54) is 12.8 Å². The molecule has 1 saturated heterocycles. The Labute approximate surface area is 162 Å². The third kappa shape index (κ3) is 6.39. The van der Waals surface area contributed by atoms with Gasteiger partial charge in [0.1, 0.15) is 5.75 Å². The molecule has 25 heavy (non-hydrogen) atoms. The molecule has 1 heterocycles. The first-order valence-corrected chi connectivity index (χ1v) is 9.93. The molecule has 1 fully saturated rings. The number of piperidine rings is 1. The van der Waals surface area contributed by atoms with Gasteiger partial charge in [0, 0.05) is 24.9 Å². The van der Waals surface area contributed by atoms with E-state index in [2.05, 4.69) is 24.4 Å². The molecule has 2 rings (SSSR count). The Hall–Kier alpha value is -0.910. The average Bonchev–Trinajstić information content (AvgIpc) is 2.62. The number of nitrogens with one attached hydrogen (secondary N) is 1. The van der Waals surface area contributed by atoms with Crippen molar-refractivity contribution in [2.24, 2.45) is 11.8 Å². The Morgan fingerprint density at radius 3 is 2.84 bits per heavy atom. The number of nitrogens with zero attached hydrogens (tertiary/aromatic N) is 1. The third-order valence-corrected chi connectivity index (χ3v) is 5.71. The molecule has 1 amide bonds. The van der Waals surface area contributed by atoms with Gasteiger partial charge in [0.15, 0.2) is 0 Å². The summed E-state index contributed by atoms with van der Waals surface area (Å²) in [6.07, 6.45) is 5.12. The first kappa shape index (κ1) is 22.1. The van der Waals surface area contributed by atoms with Gasteiger partial charge in [-0.1, -0.05) is 13.0 Å². The largest absolute Gasteiger partial charge is 0.496 e. The van der Waals surface area contributed by atoms with Crippen LogP contribution in [0.25, 0.3) is 0 Å². The summed E-state index contributed by atoms with van der Waals surface area (Å²) >= 11 is 1.67. The van der Waals surface area contributed by atoms with E-state index in [0.717, 1.165) is 29.3 Å². The van der Waals surface area contributed by atoms with E-state index in [9.17, 15) is 4.79 Å². The van der Waals surface area contributed by atoms with Crippen LogP contribution in [0.2, 0.25) is 0 Å². The van der Waals surface area contributed by atoms with Gasteiger partial charge in [0.25, 0.3) is 0 Å². The van der Waals surface area contributed by atoms with Crippen molar-refractivity contribution in [2.75, 3.05) is 33.5 Å². The molecule has 1 aliphatic rings. The zero-order valence-electron chi connectivity index (χ0n) is 15.7. The van der Waals surface area contributed by atoms with Gasteiger partial charge in [-0.2, -0.15) is 0 Å². The summed E-state index contributed by atoms with van der Waals surface area (Å²) in [5.74, 6) is 2.15. The van der Waals surface area contributed by atoms with Gasteiger partial charge in [-0.25, -0.2) is 0 Å². The highest BCUT2D eigenvalue weighted by molar-refractivity contribution is 7.98. The van der Waals surface area contributed by atoms with Crippen LogP contribution >= 0.6 is 24.2 Å². The lowest BCUT2D eigenvalue weighted by molar-refractivity contribution is -0.131. The lowest BCUT2D eigenvalue weighted by atomic mass is 9.85. The summed E-state index contributed by atoms with van der Waals surface area (Å²) in [6, 6.07) is 6.17. The van der Waals surface area contributed by atoms with Gasteiger partial charge >= 0.3 is 0 Å². The molecule has 1 aromatic rings. The number of rotatable bonds is 7. The standard InChI is InChI=1S/C19H30N2O2S.ClH/c1-14(16-6-5-9-20-12-16)10-19(22)21(2)13-15-7-8-18(24-4)17(11-15)23-3;/h7-8,11,14,16,20H,5-6,9-10,12-13H2,1-4H3;1H. The van der Waals surface area contributed by atoms with E-state index in [1.807, 2.05) is 24.3 Å². The van der Waals surface area contributed by atoms with Crippen LogP contribution in [0, 0.1) is 11.8 Å². The van der Waals surface area contributed by atoms with Gasteiger partial charge in [-0.15, -0.1) is 24.2 Å². The van der Waals surface area contributed by atoms with Crippen LogP contribution in [0.5, 0.6) is 5.75 Å². The summed E-state index contributed by atoms with van der Waals surface area (Å²) in [7, 11) is 3.58. The van der Waals surface area contributed by atoms with Gasteiger partial charge in [0.05, 0.1) is 7.11 Å². The summed E-state index contributed by atoms with van der Waals surface area (Å²) < 4.78 is 5.43. The Balaban J connectivity index is 0.00000312. The molecule has 1 aliphatic heterocycles. The van der Waals surface area contributed by atoms with Crippen LogP contribution in [-0.4, -0.2) is 44.3 Å². The first-order valence-electron chi connectivity index (χ1n) is 8.70. The lowest BCUT2D eigenvalue weighted by Crippen LogP contribution is -2.36. The van der Waals surface area contributed by atoms with Crippen LogP contribution in [0.3, 0.4) is 0 Å². The summed E-state index contributed by atoms with van der Waals surface area (Å²) in [4.78, 5) is 15.5. The second-order valence-electron chi connectivity index (χ2n) is 6.73. The number of ether oxygens (including phenoxy) is 1. The zero-order chi connectivity index (χ0) is 17.5. The molecule has 142 valence electrons. The average molecular weight is 387 g/mol. The van der Waals surface area contributed by atoms with Crippen molar-refractivity contribution in [1.82, 2.24) is 10.2 Å². The highest BCUT2D eigenvalue weighted by Gasteiger charge is 2.23. The number of benzene rings is 1. The zero-order valence-corrected chi connectivity index (χ0v) is 17.3. The second-order valence-corrected chi connectivity index (χ2v) is 7.58. The van der Waals surface area contributed by atoms with Crippen LogP contribution in [-0.2, 0) is 11.3 Å². The van der Waals surface area contributed by atoms with E-state index in [0.29, 0.717) is 24.8 Å². The third-order valence-electron chi connectivity index (χ3n) is 4.93. The maximum absolute atomic E-state index is 12.5. The minimum absolute atomic E-state index is 0. The van der Waals surface area contributed by atoms with Gasteiger partial charge in [-0.05, 0) is 61.7 Å². The van der Waals surface area contributed by atoms with Crippen molar-refractivity contribution in [1.29, 1.82) is 0 Å². The molecule has 2 atom stereocenters. The minimum Gasteiger partial charge on any atom is -0.496 e. The van der Waals surface area contributed by atoms with Crippen LogP contribution in [0.4, 0.5) is 0 Å². The van der Waals surface area contributed by atoms with Crippen molar-refractivity contribution in [3.05, 3.63) is 23.8 Å². The molecule has 0 saturated carbocycles. The summed E-state index contributed by atoms with van der Waals surface area (Å²) in [6.45, 7) is 5.00. The predicted molar refractivity (Wildman–Crippen MR) is 108 cm³/mol. The summed E-state index contributed by atoms with van der Waals surface area (Å²) in [5.41, 5.74) is 1.10. The molecule has 0 aromatic heterocycles. The van der Waals surface area contributed by atoms with Gasteiger partial charge in [0.2, 0.25) is 5.91 Å². The van der Waals surface area contributed by atoms with Crippen molar-refractivity contribution in [3.63, 3.8) is 0 Å². The molecule has 0 radical (unpaired) electrons. The van der Waals surface area contributed by atoms with Crippen molar-refractivity contribution < 1.29 is 9.53 Å². The van der Waals surface area contributed by atoms with E-state index in [4.69, 9.17) is 4.74 Å². The van der Waals surface area contributed by atoms with Crippen LogP contribution in [0.1, 0.15) is 31.7 Å². The highest BCUT2D eigenvalue weighted by atomic mass is 35.5. The van der Waals surface area contributed by atoms with E-state index in [1.54, 1.807) is 18.9 Å². The molecule has 0 aliphatic carbocycles. The fraction of sp³-hybridized carbons (Fsp3) is 0.632. The van der Waals surface area contributed by atoms with Gasteiger partial charge < -0.3 is 15.0 Å². The van der Waals surface area contributed by atoms with Crippen molar-refractivity contribution >= 4 is 30.1 Å². The number of carbonyl (C=O) groups is 1. The number of amides is 1. The maximum Gasteiger partial charge on any atom is 0.222 e. The Morgan fingerprint density at radius 2 is 2.24 bits per heavy atom. The number of hydrogen-bond acceptors (Lipinski definition) is 4. The number of methoxy groups -OCH3 is 1. The molecule has 4 nitrogen and oxygen atoms in total. The molecule has 1 N–H and O–H groups in total. The predicted octanol–water partition coefficient (Wildman–Crippen LogP) is 3.82. The van der Waals surface area contributed by atoms with Crippen LogP contribution < -0.4 is 10.1 Å². The minimum atomic E-state index is 0. The topological polar surface area (TPSA) is 41.6 Å². The van der Waals surface area contributed by atoms with E-state index in [-0.39, 0.29) is 18.3 Å². The normalized spacial score (nSPS) is 18.2. The van der Waals surface area contributed by atoms with E-state index < -0.39 is 0 Å². The Morgan fingerprint density at radius 1 is 1.48 bits per heavy atom. The molecular weight excluding hydrogens is 356 g/mol. The fourth-order valence-corrected chi connectivity index (χ4v) is 3.85. The summed E-state index contributed by atoms with van der Waals surface area (Å²) in [5, 5.41) is 3.44. The second kappa shape index (κ2) is 10.9. The smallest absolute Gasteiger partial charge is 0.222 e. The molecule has 6 heteroatoms. The quantitative estimate of drug-likeness (QED) is 0.723. The molecular formula is C19H31ClN2O2S. The number of hydrogen-bond donors (Lipinski definition) is 1. The van der Waals surface area contributed by atoms with E-state index >= 15 is 0 Å². The number of carbonyl (C=O) groups excluding carboxylic acids is 1. The number of halogens is 1.